The van der Waals surface area contributed by atoms with Crippen molar-refractivity contribution in [3.8, 4) is 11.3 Å². The molecule has 0 aliphatic heterocycles. The van der Waals surface area contributed by atoms with E-state index in [4.69, 9.17) is 0 Å². The van der Waals surface area contributed by atoms with Crippen molar-refractivity contribution in [2.24, 2.45) is 0 Å². The summed E-state index contributed by atoms with van der Waals surface area (Å²) in [5.74, 6) is 0.283. The molecular weight excluding hydrogens is 287 g/mol. The van der Waals surface area contributed by atoms with Crippen molar-refractivity contribution in [1.82, 2.24) is 9.97 Å². The molecule has 2 rings (SSSR count). The van der Waals surface area contributed by atoms with Crippen LogP contribution in [0.15, 0.2) is 35.6 Å². The van der Waals surface area contributed by atoms with Gasteiger partial charge in [-0.25, -0.2) is 17.8 Å². The number of nitrogens with zero attached hydrogens (tertiary/aromatic N) is 1. The number of hydrogen-bond donors (Lipinski definition) is 1. The minimum atomic E-state index is -2.95. The summed E-state index contributed by atoms with van der Waals surface area (Å²) in [7, 11) is -2.95. The topological polar surface area (TPSA) is 62.8 Å². The van der Waals surface area contributed by atoms with Crippen LogP contribution in [0.25, 0.3) is 11.3 Å². The number of sulfone groups is 1. The molecule has 19 heavy (non-hydrogen) atoms. The molecule has 0 saturated heterocycles. The van der Waals surface area contributed by atoms with E-state index in [1.54, 1.807) is 18.3 Å². The highest BCUT2D eigenvalue weighted by Crippen LogP contribution is 2.21. The SMILES string of the molecule is CS(=O)(=O)CCSc1ncc(-c2ccc(F)cc2)[nH]1. The van der Waals surface area contributed by atoms with E-state index >= 15 is 0 Å². The lowest BCUT2D eigenvalue weighted by Gasteiger charge is -1.98. The van der Waals surface area contributed by atoms with Gasteiger partial charge < -0.3 is 4.98 Å². The fourth-order valence-electron chi connectivity index (χ4n) is 1.44. The number of aromatic amines is 1. The van der Waals surface area contributed by atoms with Gasteiger partial charge in [-0.1, -0.05) is 11.8 Å². The highest BCUT2D eigenvalue weighted by Gasteiger charge is 2.06. The van der Waals surface area contributed by atoms with Crippen LogP contribution >= 0.6 is 11.8 Å². The second-order valence-electron chi connectivity index (χ2n) is 4.09. The highest BCUT2D eigenvalue weighted by atomic mass is 32.2. The summed E-state index contributed by atoms with van der Waals surface area (Å²) in [5, 5.41) is 0.656. The van der Waals surface area contributed by atoms with Gasteiger partial charge in [0.25, 0.3) is 0 Å². The minimum Gasteiger partial charge on any atom is -0.333 e. The molecule has 0 unspecified atom stereocenters. The standard InChI is InChI=1S/C12H13FN2O2S2/c1-19(16,17)7-6-18-12-14-8-11(15-12)9-2-4-10(13)5-3-9/h2-5,8H,6-7H2,1H3,(H,14,15). The lowest BCUT2D eigenvalue weighted by Crippen LogP contribution is -2.05. The zero-order valence-corrected chi connectivity index (χ0v) is 11.9. The van der Waals surface area contributed by atoms with Crippen molar-refractivity contribution < 1.29 is 12.8 Å². The molecule has 0 aliphatic carbocycles. The molecule has 0 radical (unpaired) electrons. The number of hydrogen-bond acceptors (Lipinski definition) is 4. The molecule has 0 saturated carbocycles. The Labute approximate surface area is 115 Å². The Hall–Kier alpha value is -1.34. The Kier molecular flexibility index (Phi) is 4.26. The summed E-state index contributed by atoms with van der Waals surface area (Å²) >= 11 is 1.35. The lowest BCUT2D eigenvalue weighted by molar-refractivity contribution is 0.603. The maximum Gasteiger partial charge on any atom is 0.165 e. The molecule has 102 valence electrons. The lowest BCUT2D eigenvalue weighted by atomic mass is 10.2. The molecule has 0 atom stereocenters. The summed E-state index contributed by atoms with van der Waals surface area (Å²) in [6.45, 7) is 0. The van der Waals surface area contributed by atoms with Crippen molar-refractivity contribution in [3.63, 3.8) is 0 Å². The zero-order valence-electron chi connectivity index (χ0n) is 10.3. The van der Waals surface area contributed by atoms with E-state index in [1.807, 2.05) is 0 Å². The Balaban J connectivity index is 2.01. The maximum atomic E-state index is 12.8. The third kappa shape index (κ3) is 4.36. The van der Waals surface area contributed by atoms with Crippen LogP contribution in [-0.2, 0) is 9.84 Å². The molecule has 0 bridgehead atoms. The quantitative estimate of drug-likeness (QED) is 0.861. The highest BCUT2D eigenvalue weighted by molar-refractivity contribution is 8.00. The zero-order chi connectivity index (χ0) is 13.9. The normalized spacial score (nSPS) is 11.7. The van der Waals surface area contributed by atoms with Crippen LogP contribution in [0.1, 0.15) is 0 Å². The van der Waals surface area contributed by atoms with Crippen molar-refractivity contribution in [2.45, 2.75) is 5.16 Å². The molecule has 0 spiro atoms. The summed E-state index contributed by atoms with van der Waals surface area (Å²) in [6.07, 6.45) is 2.86. The number of halogens is 1. The molecule has 1 heterocycles. The predicted octanol–water partition coefficient (Wildman–Crippen LogP) is 2.35. The number of thioether (sulfide) groups is 1. The average molecular weight is 300 g/mol. The molecule has 2 aromatic rings. The monoisotopic (exact) mass is 300 g/mol. The average Bonchev–Trinajstić information content (AvgIpc) is 2.77. The molecule has 1 N–H and O–H groups in total. The van der Waals surface area contributed by atoms with Crippen LogP contribution in [-0.4, -0.2) is 36.1 Å². The van der Waals surface area contributed by atoms with Gasteiger partial charge in [0.05, 0.1) is 17.6 Å². The number of aromatic nitrogens is 2. The van der Waals surface area contributed by atoms with E-state index in [-0.39, 0.29) is 11.6 Å². The van der Waals surface area contributed by atoms with Gasteiger partial charge in [-0.05, 0) is 29.8 Å². The van der Waals surface area contributed by atoms with Crippen LogP contribution in [0.5, 0.6) is 0 Å². The van der Waals surface area contributed by atoms with Gasteiger partial charge in [0, 0.05) is 12.0 Å². The molecular formula is C12H13FN2O2S2. The number of imidazole rings is 1. The van der Waals surface area contributed by atoms with Gasteiger partial charge in [-0.3, -0.25) is 0 Å². The van der Waals surface area contributed by atoms with E-state index in [0.29, 0.717) is 10.9 Å². The Morgan fingerprint density at radius 2 is 2.00 bits per heavy atom. The molecule has 7 heteroatoms. The van der Waals surface area contributed by atoms with Gasteiger partial charge in [-0.2, -0.15) is 0 Å². The Morgan fingerprint density at radius 1 is 1.32 bits per heavy atom. The fourth-order valence-corrected chi connectivity index (χ4v) is 3.49. The van der Waals surface area contributed by atoms with Crippen LogP contribution in [0, 0.1) is 5.82 Å². The predicted molar refractivity (Wildman–Crippen MR) is 74.4 cm³/mol. The maximum absolute atomic E-state index is 12.8. The molecule has 1 aromatic heterocycles. The van der Waals surface area contributed by atoms with E-state index < -0.39 is 9.84 Å². The summed E-state index contributed by atoms with van der Waals surface area (Å²) in [4.78, 5) is 7.22. The van der Waals surface area contributed by atoms with Crippen LogP contribution in [0.2, 0.25) is 0 Å². The van der Waals surface area contributed by atoms with Crippen LogP contribution in [0.3, 0.4) is 0 Å². The van der Waals surface area contributed by atoms with Crippen molar-refractivity contribution in [2.75, 3.05) is 17.8 Å². The van der Waals surface area contributed by atoms with E-state index in [1.165, 1.54) is 30.2 Å². The first-order valence-electron chi connectivity index (χ1n) is 5.55. The third-order valence-corrected chi connectivity index (χ3v) is 4.49. The minimum absolute atomic E-state index is 0.115. The van der Waals surface area contributed by atoms with Gasteiger partial charge >= 0.3 is 0 Å². The Morgan fingerprint density at radius 3 is 2.63 bits per heavy atom. The third-order valence-electron chi connectivity index (χ3n) is 2.40. The summed E-state index contributed by atoms with van der Waals surface area (Å²) in [6, 6.07) is 6.08. The second kappa shape index (κ2) is 5.75. The Bertz CT molecular complexity index is 651. The van der Waals surface area contributed by atoms with Gasteiger partial charge in [-0.15, -0.1) is 0 Å². The largest absolute Gasteiger partial charge is 0.333 e. The van der Waals surface area contributed by atoms with E-state index in [2.05, 4.69) is 9.97 Å². The second-order valence-corrected chi connectivity index (χ2v) is 7.43. The fraction of sp³-hybridized carbons (Fsp3) is 0.250. The van der Waals surface area contributed by atoms with Gasteiger partial charge in [0.1, 0.15) is 15.7 Å². The molecule has 0 aliphatic rings. The number of H-pyrrole nitrogens is 1. The smallest absolute Gasteiger partial charge is 0.165 e. The summed E-state index contributed by atoms with van der Waals surface area (Å²) in [5.41, 5.74) is 1.62. The van der Waals surface area contributed by atoms with E-state index in [0.717, 1.165) is 11.3 Å². The van der Waals surface area contributed by atoms with Crippen molar-refractivity contribution >= 4 is 21.6 Å². The van der Waals surface area contributed by atoms with Crippen molar-refractivity contribution in [3.05, 3.63) is 36.3 Å². The van der Waals surface area contributed by atoms with Gasteiger partial charge in [0.15, 0.2) is 5.16 Å². The molecule has 0 amide bonds. The molecule has 4 nitrogen and oxygen atoms in total. The summed E-state index contributed by atoms with van der Waals surface area (Å²) < 4.78 is 34.8. The van der Waals surface area contributed by atoms with Crippen LogP contribution < -0.4 is 0 Å². The van der Waals surface area contributed by atoms with Crippen molar-refractivity contribution in [1.29, 1.82) is 0 Å². The number of rotatable bonds is 5. The van der Waals surface area contributed by atoms with Crippen LogP contribution in [0.4, 0.5) is 4.39 Å². The first-order valence-corrected chi connectivity index (χ1v) is 8.60. The number of benzene rings is 1. The first-order chi connectivity index (χ1) is 8.94. The molecule has 1 aromatic carbocycles. The molecule has 0 fully saturated rings. The number of nitrogens with one attached hydrogen (secondary N) is 1. The van der Waals surface area contributed by atoms with Gasteiger partial charge in [0.2, 0.25) is 0 Å². The van der Waals surface area contributed by atoms with E-state index in [9.17, 15) is 12.8 Å². The first kappa shape index (κ1) is 14.1.